The Labute approximate surface area is 164 Å². The first-order valence-corrected chi connectivity index (χ1v) is 9.87. The van der Waals surface area contributed by atoms with Crippen LogP contribution < -0.4 is 0 Å². The number of aromatic nitrogens is 1. The minimum absolute atomic E-state index is 0.00225. The average Bonchev–Trinajstić information content (AvgIpc) is 2.94. The first kappa shape index (κ1) is 19.5. The van der Waals surface area contributed by atoms with Crippen molar-refractivity contribution in [3.63, 3.8) is 0 Å². The number of nitrogens with zero attached hydrogens (tertiary/aromatic N) is 3. The molecule has 0 spiro atoms. The van der Waals surface area contributed by atoms with E-state index in [-0.39, 0.29) is 5.41 Å². The molecule has 1 aromatic rings. The fourth-order valence-electron chi connectivity index (χ4n) is 4.41. The maximum Gasteiger partial charge on any atom is 0.0663 e. The molecule has 0 fully saturated rings. The van der Waals surface area contributed by atoms with Crippen molar-refractivity contribution >= 4 is 5.71 Å². The van der Waals surface area contributed by atoms with E-state index in [2.05, 4.69) is 86.5 Å². The smallest absolute Gasteiger partial charge is 0.0663 e. The van der Waals surface area contributed by atoms with E-state index in [0.29, 0.717) is 6.04 Å². The Morgan fingerprint density at radius 3 is 2.52 bits per heavy atom. The zero-order chi connectivity index (χ0) is 19.9. The van der Waals surface area contributed by atoms with Crippen LogP contribution >= 0.6 is 0 Å². The van der Waals surface area contributed by atoms with E-state index in [1.165, 1.54) is 28.2 Å². The molecule has 1 aliphatic heterocycles. The number of allylic oxidation sites excluding steroid dienone is 5. The summed E-state index contributed by atoms with van der Waals surface area (Å²) in [6.45, 7) is 23.4. The third kappa shape index (κ3) is 3.47. The molecule has 2 heterocycles. The summed E-state index contributed by atoms with van der Waals surface area (Å²) in [7, 11) is 0. The van der Waals surface area contributed by atoms with Crippen LogP contribution in [0.2, 0.25) is 0 Å². The summed E-state index contributed by atoms with van der Waals surface area (Å²) >= 11 is 0. The van der Waals surface area contributed by atoms with E-state index >= 15 is 0 Å². The van der Waals surface area contributed by atoms with Gasteiger partial charge in [-0.15, -0.1) is 0 Å². The van der Waals surface area contributed by atoms with Gasteiger partial charge in [0.25, 0.3) is 0 Å². The molecule has 0 radical (unpaired) electrons. The molecule has 27 heavy (non-hydrogen) atoms. The van der Waals surface area contributed by atoms with Gasteiger partial charge < -0.3 is 9.47 Å². The van der Waals surface area contributed by atoms with Crippen LogP contribution in [-0.4, -0.2) is 21.7 Å². The van der Waals surface area contributed by atoms with Gasteiger partial charge in [-0.2, -0.15) is 0 Å². The van der Waals surface area contributed by atoms with Crippen molar-refractivity contribution in [1.29, 1.82) is 0 Å². The molecular weight excluding hydrogens is 330 g/mol. The zero-order valence-corrected chi connectivity index (χ0v) is 17.8. The Morgan fingerprint density at radius 2 is 1.93 bits per heavy atom. The summed E-state index contributed by atoms with van der Waals surface area (Å²) in [5.74, 6) is 0. The summed E-state index contributed by atoms with van der Waals surface area (Å²) in [5, 5.41) is 0. The van der Waals surface area contributed by atoms with Gasteiger partial charge in [0.15, 0.2) is 0 Å². The van der Waals surface area contributed by atoms with Crippen molar-refractivity contribution in [2.75, 3.05) is 6.54 Å². The third-order valence-electron chi connectivity index (χ3n) is 6.05. The van der Waals surface area contributed by atoms with Crippen LogP contribution in [0.25, 0.3) is 0 Å². The Balaban J connectivity index is 1.92. The van der Waals surface area contributed by atoms with Crippen LogP contribution in [0.1, 0.15) is 64.0 Å². The molecule has 0 saturated heterocycles. The van der Waals surface area contributed by atoms with Gasteiger partial charge in [-0.25, -0.2) is 0 Å². The lowest BCUT2D eigenvalue weighted by atomic mass is 9.78. The van der Waals surface area contributed by atoms with Gasteiger partial charge >= 0.3 is 0 Å². The van der Waals surface area contributed by atoms with Crippen molar-refractivity contribution < 1.29 is 0 Å². The van der Waals surface area contributed by atoms with Gasteiger partial charge in [0.2, 0.25) is 0 Å². The van der Waals surface area contributed by atoms with E-state index in [1.54, 1.807) is 0 Å². The van der Waals surface area contributed by atoms with Gasteiger partial charge in [0, 0.05) is 35.6 Å². The number of aliphatic imine (C=N–C) groups is 1. The SMILES string of the molecule is C=C(C)/N=C(\C)c1c(C)cc2n1CCN(C(=C)C1(C)C=CC(C)=CC1)C2C. The van der Waals surface area contributed by atoms with Crippen LogP contribution in [-0.2, 0) is 6.54 Å². The number of fused-ring (bicyclic) bond motifs is 1. The lowest BCUT2D eigenvalue weighted by molar-refractivity contribution is 0.182. The minimum atomic E-state index is -0.00225. The number of hydrogen-bond donors (Lipinski definition) is 0. The fraction of sp³-hybridized carbons (Fsp3) is 0.458. The molecule has 3 heteroatoms. The normalized spacial score (nSPS) is 25.3. The van der Waals surface area contributed by atoms with Crippen LogP contribution in [0.4, 0.5) is 0 Å². The molecule has 2 unspecified atom stereocenters. The zero-order valence-electron chi connectivity index (χ0n) is 17.8. The second-order valence-electron chi connectivity index (χ2n) is 8.40. The molecule has 0 N–H and O–H groups in total. The van der Waals surface area contributed by atoms with E-state index in [0.717, 1.165) is 30.9 Å². The Hall–Kier alpha value is -2.29. The van der Waals surface area contributed by atoms with Gasteiger partial charge in [0.05, 0.1) is 17.4 Å². The fourth-order valence-corrected chi connectivity index (χ4v) is 4.41. The Bertz CT molecular complexity index is 878. The molecule has 0 saturated carbocycles. The van der Waals surface area contributed by atoms with Gasteiger partial charge in [-0.3, -0.25) is 4.99 Å². The lowest BCUT2D eigenvalue weighted by Crippen LogP contribution is -2.41. The van der Waals surface area contributed by atoms with Gasteiger partial charge in [0.1, 0.15) is 0 Å². The second-order valence-corrected chi connectivity index (χ2v) is 8.40. The number of aryl methyl sites for hydroxylation is 1. The molecule has 0 aromatic carbocycles. The van der Waals surface area contributed by atoms with Crippen molar-refractivity contribution in [2.45, 2.75) is 60.5 Å². The standard InChI is InChI=1S/C24H33N3/c1-16(2)25-19(5)23-18(4)15-22-20(6)26(13-14-27(22)23)21(7)24(8)11-9-17(3)10-12-24/h9-11,15,20H,1,7,12-14H2,2-6,8H3/b25-19+. The monoisotopic (exact) mass is 363 g/mol. The Morgan fingerprint density at radius 1 is 1.22 bits per heavy atom. The van der Waals surface area contributed by atoms with Crippen LogP contribution in [0, 0.1) is 12.3 Å². The van der Waals surface area contributed by atoms with Crippen molar-refractivity contribution in [2.24, 2.45) is 10.4 Å². The number of rotatable bonds is 4. The van der Waals surface area contributed by atoms with Crippen LogP contribution in [0.15, 0.2) is 59.4 Å². The maximum atomic E-state index is 4.61. The summed E-state index contributed by atoms with van der Waals surface area (Å²) in [6.07, 6.45) is 7.90. The highest BCUT2D eigenvalue weighted by Crippen LogP contribution is 2.42. The maximum absolute atomic E-state index is 4.61. The highest BCUT2D eigenvalue weighted by Gasteiger charge is 2.35. The molecule has 1 aliphatic carbocycles. The molecule has 2 atom stereocenters. The highest BCUT2D eigenvalue weighted by atomic mass is 15.2. The highest BCUT2D eigenvalue weighted by molar-refractivity contribution is 5.99. The topological polar surface area (TPSA) is 20.5 Å². The predicted octanol–water partition coefficient (Wildman–Crippen LogP) is 5.94. The Kier molecular flexibility index (Phi) is 5.07. The third-order valence-corrected chi connectivity index (χ3v) is 6.05. The first-order valence-electron chi connectivity index (χ1n) is 9.87. The van der Waals surface area contributed by atoms with E-state index in [9.17, 15) is 0 Å². The van der Waals surface area contributed by atoms with Crippen molar-refractivity contribution in [3.8, 4) is 0 Å². The average molecular weight is 364 g/mol. The summed E-state index contributed by atoms with van der Waals surface area (Å²) in [4.78, 5) is 7.10. The van der Waals surface area contributed by atoms with Gasteiger partial charge in [-0.1, -0.05) is 43.9 Å². The first-order chi connectivity index (χ1) is 12.6. The minimum Gasteiger partial charge on any atom is -0.365 e. The quantitative estimate of drug-likeness (QED) is 0.606. The molecule has 3 nitrogen and oxygen atoms in total. The molecule has 1 aromatic heterocycles. The van der Waals surface area contributed by atoms with E-state index < -0.39 is 0 Å². The second kappa shape index (κ2) is 7.03. The van der Waals surface area contributed by atoms with Gasteiger partial charge in [-0.05, 0) is 52.7 Å². The summed E-state index contributed by atoms with van der Waals surface area (Å²) < 4.78 is 2.44. The van der Waals surface area contributed by atoms with Crippen molar-refractivity contribution in [1.82, 2.24) is 9.47 Å². The van der Waals surface area contributed by atoms with Crippen LogP contribution in [0.5, 0.6) is 0 Å². The molecule has 3 rings (SSSR count). The summed E-state index contributed by atoms with van der Waals surface area (Å²) in [5.41, 5.74) is 8.33. The lowest BCUT2D eigenvalue weighted by Gasteiger charge is -2.44. The molecular formula is C24H33N3. The number of hydrogen-bond acceptors (Lipinski definition) is 2. The molecule has 144 valence electrons. The summed E-state index contributed by atoms with van der Waals surface area (Å²) in [6, 6.07) is 2.62. The molecule has 0 bridgehead atoms. The van der Waals surface area contributed by atoms with Crippen LogP contribution in [0.3, 0.4) is 0 Å². The molecule has 0 amide bonds. The van der Waals surface area contributed by atoms with Crippen molar-refractivity contribution in [3.05, 3.63) is 71.4 Å². The van der Waals surface area contributed by atoms with E-state index in [4.69, 9.17) is 0 Å². The predicted molar refractivity (Wildman–Crippen MR) is 116 cm³/mol. The van der Waals surface area contributed by atoms with E-state index in [1.807, 2.05) is 6.92 Å². The largest absolute Gasteiger partial charge is 0.365 e. The molecule has 2 aliphatic rings.